The molecule has 2 N–H and O–H groups in total. The first-order chi connectivity index (χ1) is 8.63. The minimum atomic E-state index is -0.934. The quantitative estimate of drug-likeness (QED) is 0.887. The lowest BCUT2D eigenvalue weighted by Crippen LogP contribution is -2.40. The van der Waals surface area contributed by atoms with E-state index in [4.69, 9.17) is 5.11 Å². The Morgan fingerprint density at radius 1 is 1.72 bits per heavy atom. The third-order valence-electron chi connectivity index (χ3n) is 3.03. The van der Waals surface area contributed by atoms with E-state index in [-0.39, 0.29) is 0 Å². The lowest BCUT2D eigenvalue weighted by Gasteiger charge is -2.31. The van der Waals surface area contributed by atoms with Gasteiger partial charge in [0, 0.05) is 13.1 Å². The number of hydrogen-bond acceptors (Lipinski definition) is 4. The second kappa shape index (κ2) is 6.49. The van der Waals surface area contributed by atoms with Crippen molar-refractivity contribution in [3.05, 3.63) is 15.0 Å². The Kier molecular flexibility index (Phi) is 4.96. The van der Waals surface area contributed by atoms with E-state index < -0.39 is 6.09 Å². The number of nitrogens with one attached hydrogen (secondary N) is 1. The molecule has 2 heterocycles. The summed E-state index contributed by atoms with van der Waals surface area (Å²) in [7, 11) is 0. The normalized spacial score (nSPS) is 20.8. The molecule has 0 spiro atoms. The molecule has 1 amide bonds. The maximum atomic E-state index is 10.5. The molecule has 1 unspecified atom stereocenters. The second-order valence-electron chi connectivity index (χ2n) is 4.49. The molecule has 1 aromatic heterocycles. The summed E-state index contributed by atoms with van der Waals surface area (Å²) in [6.45, 7) is 3.42. The largest absolute Gasteiger partial charge is 0.465 e. The Hall–Kier alpha value is -0.660. The van der Waals surface area contributed by atoms with E-state index in [1.165, 1.54) is 0 Å². The first kappa shape index (κ1) is 13.8. The zero-order chi connectivity index (χ0) is 13.0. The van der Waals surface area contributed by atoms with Crippen molar-refractivity contribution in [1.29, 1.82) is 0 Å². The molecule has 0 radical (unpaired) electrons. The highest BCUT2D eigenvalue weighted by molar-refractivity contribution is 9.11. The number of aromatic nitrogens is 1. The summed E-state index contributed by atoms with van der Waals surface area (Å²) in [5, 5.41) is 12.2. The average molecular weight is 334 g/mol. The Morgan fingerprint density at radius 3 is 3.22 bits per heavy atom. The predicted molar refractivity (Wildman–Crippen MR) is 73.8 cm³/mol. The van der Waals surface area contributed by atoms with E-state index in [0.29, 0.717) is 12.5 Å². The van der Waals surface area contributed by atoms with Crippen molar-refractivity contribution in [2.75, 3.05) is 19.6 Å². The van der Waals surface area contributed by atoms with Crippen LogP contribution in [0.5, 0.6) is 0 Å². The van der Waals surface area contributed by atoms with Crippen LogP contribution in [0, 0.1) is 5.92 Å². The molecule has 1 aliphatic rings. The van der Waals surface area contributed by atoms with Crippen LogP contribution in [0.3, 0.4) is 0 Å². The molecule has 1 aliphatic heterocycles. The van der Waals surface area contributed by atoms with Crippen LogP contribution in [0.15, 0.2) is 9.98 Å². The van der Waals surface area contributed by atoms with Gasteiger partial charge in [0.15, 0.2) is 0 Å². The molecule has 100 valence electrons. The van der Waals surface area contributed by atoms with Gasteiger partial charge in [0.25, 0.3) is 0 Å². The molecule has 1 fully saturated rings. The maximum Gasteiger partial charge on any atom is 0.404 e. The molecule has 1 atom stereocenters. The molecule has 0 aliphatic carbocycles. The first-order valence-electron chi connectivity index (χ1n) is 5.93. The minimum Gasteiger partial charge on any atom is -0.465 e. The van der Waals surface area contributed by atoms with E-state index in [1.54, 1.807) is 11.3 Å². The van der Waals surface area contributed by atoms with Crippen LogP contribution < -0.4 is 5.32 Å². The number of likely N-dealkylation sites (tertiary alicyclic amines) is 1. The van der Waals surface area contributed by atoms with E-state index >= 15 is 0 Å². The van der Waals surface area contributed by atoms with Crippen LogP contribution in [-0.4, -0.2) is 40.7 Å². The number of nitrogens with zero attached hydrogens (tertiary/aromatic N) is 2. The van der Waals surface area contributed by atoms with Crippen molar-refractivity contribution in [2.24, 2.45) is 5.92 Å². The molecule has 0 saturated carbocycles. The number of carboxylic acid groups (broad SMARTS) is 1. The molecular weight excluding hydrogens is 318 g/mol. The lowest BCUT2D eigenvalue weighted by molar-refractivity contribution is 0.158. The number of rotatable bonds is 4. The Labute approximate surface area is 118 Å². The topological polar surface area (TPSA) is 65.5 Å². The van der Waals surface area contributed by atoms with Crippen molar-refractivity contribution in [2.45, 2.75) is 19.4 Å². The summed E-state index contributed by atoms with van der Waals surface area (Å²) < 4.78 is 1.05. The van der Waals surface area contributed by atoms with Gasteiger partial charge in [-0.1, -0.05) is 0 Å². The molecule has 2 rings (SSSR count). The monoisotopic (exact) mass is 333 g/mol. The van der Waals surface area contributed by atoms with Crippen molar-refractivity contribution < 1.29 is 9.90 Å². The van der Waals surface area contributed by atoms with Gasteiger partial charge in [0.1, 0.15) is 5.01 Å². The number of hydrogen-bond donors (Lipinski definition) is 2. The summed E-state index contributed by atoms with van der Waals surface area (Å²) >= 11 is 5.07. The van der Waals surface area contributed by atoms with Crippen LogP contribution >= 0.6 is 27.3 Å². The molecular formula is C11H16BrN3O2S. The number of amides is 1. The van der Waals surface area contributed by atoms with Gasteiger partial charge < -0.3 is 10.4 Å². The Balaban J connectivity index is 1.81. The number of piperidine rings is 1. The Bertz CT molecular complexity index is 413. The van der Waals surface area contributed by atoms with E-state index in [2.05, 4.69) is 31.1 Å². The van der Waals surface area contributed by atoms with Gasteiger partial charge in [0.2, 0.25) is 0 Å². The van der Waals surface area contributed by atoms with Gasteiger partial charge in [-0.15, -0.1) is 11.3 Å². The fourth-order valence-electron chi connectivity index (χ4n) is 2.25. The van der Waals surface area contributed by atoms with Crippen LogP contribution in [-0.2, 0) is 6.54 Å². The third-order valence-corrected chi connectivity index (χ3v) is 4.49. The summed E-state index contributed by atoms with van der Waals surface area (Å²) in [4.78, 5) is 17.2. The maximum absolute atomic E-state index is 10.5. The number of thiazole rings is 1. The fourth-order valence-corrected chi connectivity index (χ4v) is 3.59. The zero-order valence-electron chi connectivity index (χ0n) is 9.93. The molecule has 7 heteroatoms. The molecule has 1 aromatic rings. The van der Waals surface area contributed by atoms with Crippen molar-refractivity contribution in [3.63, 3.8) is 0 Å². The number of carbonyl (C=O) groups is 1. The van der Waals surface area contributed by atoms with Crippen LogP contribution in [0.25, 0.3) is 0 Å². The van der Waals surface area contributed by atoms with Gasteiger partial charge >= 0.3 is 6.09 Å². The molecule has 0 aromatic carbocycles. The first-order valence-corrected chi connectivity index (χ1v) is 7.54. The van der Waals surface area contributed by atoms with E-state index in [9.17, 15) is 4.79 Å². The zero-order valence-corrected chi connectivity index (χ0v) is 12.3. The van der Waals surface area contributed by atoms with Gasteiger partial charge in [-0.05, 0) is 41.2 Å². The molecule has 5 nitrogen and oxygen atoms in total. The third kappa shape index (κ3) is 4.22. The number of halogens is 1. The molecule has 18 heavy (non-hydrogen) atoms. The highest BCUT2D eigenvalue weighted by Gasteiger charge is 2.21. The average Bonchev–Trinajstić information content (AvgIpc) is 2.73. The standard InChI is InChI=1S/C11H16BrN3O2S/c12-9-5-13-10(18-9)7-15-3-1-2-8(6-15)4-14-11(16)17/h5,8,14H,1-4,6-7H2,(H,16,17). The summed E-state index contributed by atoms with van der Waals surface area (Å²) in [6, 6.07) is 0. The smallest absolute Gasteiger partial charge is 0.404 e. The fraction of sp³-hybridized carbons (Fsp3) is 0.636. The van der Waals surface area contributed by atoms with E-state index in [0.717, 1.165) is 41.3 Å². The van der Waals surface area contributed by atoms with Crippen molar-refractivity contribution in [3.8, 4) is 0 Å². The minimum absolute atomic E-state index is 0.415. The molecule has 0 bridgehead atoms. The van der Waals surface area contributed by atoms with Gasteiger partial charge in [-0.25, -0.2) is 9.78 Å². The lowest BCUT2D eigenvalue weighted by atomic mass is 9.98. The highest BCUT2D eigenvalue weighted by atomic mass is 79.9. The van der Waals surface area contributed by atoms with Gasteiger partial charge in [0.05, 0.1) is 16.5 Å². The van der Waals surface area contributed by atoms with Crippen molar-refractivity contribution >= 4 is 33.4 Å². The van der Waals surface area contributed by atoms with Crippen LogP contribution in [0.2, 0.25) is 0 Å². The van der Waals surface area contributed by atoms with Crippen LogP contribution in [0.1, 0.15) is 17.8 Å². The Morgan fingerprint density at radius 2 is 2.56 bits per heavy atom. The summed E-state index contributed by atoms with van der Waals surface area (Å²) in [6.07, 6.45) is 3.11. The van der Waals surface area contributed by atoms with Crippen molar-refractivity contribution in [1.82, 2.24) is 15.2 Å². The van der Waals surface area contributed by atoms with Crippen LogP contribution in [0.4, 0.5) is 4.79 Å². The SMILES string of the molecule is O=C(O)NCC1CCCN(Cc2ncc(Br)s2)C1. The van der Waals surface area contributed by atoms with E-state index in [1.807, 2.05) is 6.20 Å². The summed E-state index contributed by atoms with van der Waals surface area (Å²) in [5.41, 5.74) is 0. The predicted octanol–water partition coefficient (Wildman–Crippen LogP) is 2.39. The summed E-state index contributed by atoms with van der Waals surface area (Å²) in [5.74, 6) is 0.415. The van der Waals surface area contributed by atoms with Gasteiger partial charge in [-0.2, -0.15) is 0 Å². The second-order valence-corrected chi connectivity index (χ2v) is 6.98. The molecule has 1 saturated heterocycles. The highest BCUT2D eigenvalue weighted by Crippen LogP contribution is 2.23. The van der Waals surface area contributed by atoms with Gasteiger partial charge in [-0.3, -0.25) is 4.90 Å².